The maximum atomic E-state index is 11.9. The highest BCUT2D eigenvalue weighted by atomic mass is 16.5. The summed E-state index contributed by atoms with van der Waals surface area (Å²) in [5, 5.41) is 13.2. The SMILES string of the molecule is CCOC(=O)c1cnn(-c2ccc(C)cc2)c1CC(=O)O. The summed E-state index contributed by atoms with van der Waals surface area (Å²) in [6.45, 7) is 3.87. The van der Waals surface area contributed by atoms with Gasteiger partial charge in [-0.2, -0.15) is 5.10 Å². The van der Waals surface area contributed by atoms with E-state index in [9.17, 15) is 9.59 Å². The number of carbonyl (C=O) groups excluding carboxylic acids is 1. The van der Waals surface area contributed by atoms with E-state index >= 15 is 0 Å². The van der Waals surface area contributed by atoms with Gasteiger partial charge >= 0.3 is 11.9 Å². The lowest BCUT2D eigenvalue weighted by Gasteiger charge is -2.08. The van der Waals surface area contributed by atoms with E-state index in [1.165, 1.54) is 10.9 Å². The molecule has 0 unspecified atom stereocenters. The van der Waals surface area contributed by atoms with Crippen molar-refractivity contribution < 1.29 is 19.4 Å². The second-order valence-corrected chi connectivity index (χ2v) is 4.54. The molecule has 0 spiro atoms. The van der Waals surface area contributed by atoms with Crippen molar-refractivity contribution in [3.63, 3.8) is 0 Å². The van der Waals surface area contributed by atoms with Gasteiger partial charge in [-0.25, -0.2) is 9.48 Å². The van der Waals surface area contributed by atoms with Crippen molar-refractivity contribution in [2.75, 3.05) is 6.61 Å². The van der Waals surface area contributed by atoms with Gasteiger partial charge in [0.1, 0.15) is 5.56 Å². The highest BCUT2D eigenvalue weighted by molar-refractivity contribution is 5.91. The van der Waals surface area contributed by atoms with Crippen molar-refractivity contribution in [2.45, 2.75) is 20.3 Å². The molecule has 6 nitrogen and oxygen atoms in total. The third kappa shape index (κ3) is 3.28. The van der Waals surface area contributed by atoms with Crippen molar-refractivity contribution in [3.8, 4) is 5.69 Å². The Morgan fingerprint density at radius 3 is 2.52 bits per heavy atom. The number of carbonyl (C=O) groups is 2. The molecule has 2 rings (SSSR count). The predicted molar refractivity (Wildman–Crippen MR) is 75.6 cm³/mol. The lowest BCUT2D eigenvalue weighted by Crippen LogP contribution is -2.13. The molecule has 1 N–H and O–H groups in total. The first kappa shape index (κ1) is 14.8. The minimum absolute atomic E-state index is 0.180. The number of aromatic nitrogens is 2. The number of aryl methyl sites for hydroxylation is 1. The van der Waals surface area contributed by atoms with Gasteiger partial charge in [0, 0.05) is 0 Å². The lowest BCUT2D eigenvalue weighted by atomic mass is 10.1. The van der Waals surface area contributed by atoms with E-state index in [0.717, 1.165) is 5.56 Å². The first-order chi connectivity index (χ1) is 10.0. The average Bonchev–Trinajstić information content (AvgIpc) is 2.83. The van der Waals surface area contributed by atoms with Gasteiger partial charge in [0.05, 0.1) is 30.6 Å². The van der Waals surface area contributed by atoms with Crippen LogP contribution in [0.1, 0.15) is 28.5 Å². The highest BCUT2D eigenvalue weighted by Gasteiger charge is 2.21. The largest absolute Gasteiger partial charge is 0.481 e. The van der Waals surface area contributed by atoms with Crippen LogP contribution in [-0.2, 0) is 16.0 Å². The third-order valence-electron chi connectivity index (χ3n) is 2.96. The molecule has 0 aliphatic heterocycles. The molecule has 0 aliphatic carbocycles. The third-order valence-corrected chi connectivity index (χ3v) is 2.96. The van der Waals surface area contributed by atoms with Gasteiger partial charge in [-0.3, -0.25) is 4.79 Å². The summed E-state index contributed by atoms with van der Waals surface area (Å²) in [5.41, 5.74) is 2.27. The summed E-state index contributed by atoms with van der Waals surface area (Å²) >= 11 is 0. The Kier molecular flexibility index (Phi) is 4.37. The van der Waals surface area contributed by atoms with Crippen LogP contribution in [0.25, 0.3) is 5.69 Å². The number of carboxylic acid groups (broad SMARTS) is 1. The molecule has 0 saturated carbocycles. The fourth-order valence-corrected chi connectivity index (χ4v) is 1.97. The minimum Gasteiger partial charge on any atom is -0.481 e. The van der Waals surface area contributed by atoms with Crippen molar-refractivity contribution in [2.24, 2.45) is 0 Å². The molecular weight excluding hydrogens is 272 g/mol. The van der Waals surface area contributed by atoms with Crippen LogP contribution < -0.4 is 0 Å². The van der Waals surface area contributed by atoms with E-state index in [-0.39, 0.29) is 18.6 Å². The Balaban J connectivity index is 2.48. The minimum atomic E-state index is -1.03. The summed E-state index contributed by atoms with van der Waals surface area (Å²) in [6.07, 6.45) is 1.04. The number of hydrogen-bond donors (Lipinski definition) is 1. The molecule has 0 aliphatic rings. The number of benzene rings is 1. The standard InChI is InChI=1S/C15H16N2O4/c1-3-21-15(20)12-9-16-17(13(12)8-14(18)19)11-6-4-10(2)5-7-11/h4-7,9H,3,8H2,1-2H3,(H,18,19). The Bertz CT molecular complexity index is 659. The molecule has 0 atom stereocenters. The Hall–Kier alpha value is -2.63. The second kappa shape index (κ2) is 6.21. The van der Waals surface area contributed by atoms with E-state index < -0.39 is 11.9 Å². The highest BCUT2D eigenvalue weighted by Crippen LogP contribution is 2.17. The molecular formula is C15H16N2O4. The zero-order valence-corrected chi connectivity index (χ0v) is 11.9. The van der Waals surface area contributed by atoms with Crippen LogP contribution in [0.4, 0.5) is 0 Å². The van der Waals surface area contributed by atoms with Crippen LogP contribution in [0, 0.1) is 6.92 Å². The van der Waals surface area contributed by atoms with Gasteiger partial charge in [-0.1, -0.05) is 17.7 Å². The average molecular weight is 288 g/mol. The quantitative estimate of drug-likeness (QED) is 0.851. The van der Waals surface area contributed by atoms with Crippen molar-refractivity contribution in [1.82, 2.24) is 9.78 Å². The van der Waals surface area contributed by atoms with E-state index in [0.29, 0.717) is 11.4 Å². The molecule has 1 aromatic heterocycles. The molecule has 21 heavy (non-hydrogen) atoms. The van der Waals surface area contributed by atoms with Crippen molar-refractivity contribution in [3.05, 3.63) is 47.3 Å². The summed E-state index contributed by atoms with van der Waals surface area (Å²) in [5.74, 6) is -1.60. The van der Waals surface area contributed by atoms with E-state index in [1.807, 2.05) is 31.2 Å². The number of hydrogen-bond acceptors (Lipinski definition) is 4. The first-order valence-corrected chi connectivity index (χ1v) is 6.55. The molecule has 6 heteroatoms. The topological polar surface area (TPSA) is 81.4 Å². The maximum Gasteiger partial charge on any atom is 0.341 e. The van der Waals surface area contributed by atoms with Crippen LogP contribution in [-0.4, -0.2) is 33.4 Å². The summed E-state index contributed by atoms with van der Waals surface area (Å²) in [6, 6.07) is 7.43. The van der Waals surface area contributed by atoms with Gasteiger partial charge in [0.15, 0.2) is 0 Å². The van der Waals surface area contributed by atoms with Gasteiger partial charge in [0.2, 0.25) is 0 Å². The number of esters is 1. The van der Waals surface area contributed by atoms with E-state index in [1.54, 1.807) is 6.92 Å². The number of carboxylic acids is 1. The van der Waals surface area contributed by atoms with Gasteiger partial charge in [0.25, 0.3) is 0 Å². The lowest BCUT2D eigenvalue weighted by molar-refractivity contribution is -0.136. The zero-order chi connectivity index (χ0) is 15.4. The summed E-state index contributed by atoms with van der Waals surface area (Å²) in [7, 11) is 0. The van der Waals surface area contributed by atoms with Gasteiger partial charge < -0.3 is 9.84 Å². The molecule has 0 amide bonds. The Morgan fingerprint density at radius 2 is 1.95 bits per heavy atom. The molecule has 110 valence electrons. The number of ether oxygens (including phenoxy) is 1. The monoisotopic (exact) mass is 288 g/mol. The van der Waals surface area contributed by atoms with Crippen LogP contribution in [0.15, 0.2) is 30.5 Å². The van der Waals surface area contributed by atoms with Crippen LogP contribution >= 0.6 is 0 Å². The Morgan fingerprint density at radius 1 is 1.29 bits per heavy atom. The van der Waals surface area contributed by atoms with E-state index in [4.69, 9.17) is 9.84 Å². The smallest absolute Gasteiger partial charge is 0.341 e. The molecule has 0 saturated heterocycles. The normalized spacial score (nSPS) is 10.4. The second-order valence-electron chi connectivity index (χ2n) is 4.54. The molecule has 1 aromatic carbocycles. The summed E-state index contributed by atoms with van der Waals surface area (Å²) < 4.78 is 6.39. The van der Waals surface area contributed by atoms with E-state index in [2.05, 4.69) is 5.10 Å². The predicted octanol–water partition coefficient (Wildman–Crippen LogP) is 1.98. The van der Waals surface area contributed by atoms with Gasteiger partial charge in [-0.15, -0.1) is 0 Å². The van der Waals surface area contributed by atoms with Gasteiger partial charge in [-0.05, 0) is 26.0 Å². The fourth-order valence-electron chi connectivity index (χ4n) is 1.97. The fraction of sp³-hybridized carbons (Fsp3) is 0.267. The molecule has 2 aromatic rings. The van der Waals surface area contributed by atoms with Crippen molar-refractivity contribution >= 4 is 11.9 Å². The van der Waals surface area contributed by atoms with Crippen molar-refractivity contribution in [1.29, 1.82) is 0 Å². The van der Waals surface area contributed by atoms with Crippen LogP contribution in [0.5, 0.6) is 0 Å². The maximum absolute atomic E-state index is 11.9. The first-order valence-electron chi connectivity index (χ1n) is 6.55. The molecule has 1 heterocycles. The Labute approximate surface area is 122 Å². The van der Waals surface area contributed by atoms with Crippen LogP contribution in [0.3, 0.4) is 0 Å². The molecule has 0 fully saturated rings. The number of aliphatic carboxylic acids is 1. The number of nitrogens with zero attached hydrogens (tertiary/aromatic N) is 2. The van der Waals surface area contributed by atoms with Crippen LogP contribution in [0.2, 0.25) is 0 Å². The summed E-state index contributed by atoms with van der Waals surface area (Å²) in [4.78, 5) is 22.9. The number of rotatable bonds is 5. The molecule has 0 radical (unpaired) electrons. The molecule has 0 bridgehead atoms. The zero-order valence-electron chi connectivity index (χ0n) is 11.9.